The molecular weight excluding hydrogens is 861 g/mol. The van der Waals surface area contributed by atoms with Crippen LogP contribution in [0, 0.1) is 0 Å². The summed E-state index contributed by atoms with van der Waals surface area (Å²) in [5.41, 5.74) is 16.1. The van der Waals surface area contributed by atoms with Crippen LogP contribution < -0.4 is 0 Å². The highest BCUT2D eigenvalue weighted by atomic mass is 32.1. The molecule has 0 saturated carbocycles. The van der Waals surface area contributed by atoms with Crippen molar-refractivity contribution in [3.05, 3.63) is 231 Å². The van der Waals surface area contributed by atoms with Crippen LogP contribution in [0.4, 0.5) is 0 Å². The van der Waals surface area contributed by atoms with Crippen LogP contribution >= 0.6 is 22.7 Å². The Balaban J connectivity index is 0.791. The third-order valence-corrected chi connectivity index (χ3v) is 16.0. The number of benzene rings is 11. The molecule has 14 aromatic rings. The highest BCUT2D eigenvalue weighted by molar-refractivity contribution is 7.26. The Morgan fingerprint density at radius 3 is 0.868 bits per heavy atom. The van der Waals surface area contributed by atoms with E-state index in [1.54, 1.807) is 0 Å². The molecule has 2 nitrogen and oxygen atoms in total. The number of fused-ring (bicyclic) bond motifs is 12. The molecule has 0 bridgehead atoms. The Hall–Kier alpha value is -8.28. The van der Waals surface area contributed by atoms with Crippen LogP contribution in [0.1, 0.15) is 0 Å². The second kappa shape index (κ2) is 15.7. The van der Waals surface area contributed by atoms with Crippen LogP contribution in [-0.2, 0) is 0 Å². The molecule has 0 unspecified atom stereocenters. The van der Waals surface area contributed by atoms with Gasteiger partial charge < -0.3 is 0 Å². The van der Waals surface area contributed by atoms with E-state index < -0.39 is 0 Å². The maximum absolute atomic E-state index is 4.98. The standard InChI is InChI=1S/C64H38N2S2/c1-3-19-59-53(17-1)55-27-23-49(37-61(55)67-59)45-15-7-11-41(33-45)39-9-5-13-43(31-39)47-21-25-51-52-26-22-48(36-58(52)64-63(57(51)35-47)65-29-30-66-64)44-14-6-10-40(32-44)42-12-8-16-46(34-42)50-24-28-56-54-18-2-4-20-60(54)68-62(56)38-50/h1-38H. The fourth-order valence-electron chi connectivity index (χ4n) is 10.4. The average molecular weight is 899 g/mol. The predicted molar refractivity (Wildman–Crippen MR) is 293 cm³/mol. The fraction of sp³-hybridized carbons (Fsp3) is 0. The van der Waals surface area contributed by atoms with Gasteiger partial charge in [-0.15, -0.1) is 22.7 Å². The molecule has 3 heterocycles. The summed E-state index contributed by atoms with van der Waals surface area (Å²) in [4.78, 5) is 9.97. The van der Waals surface area contributed by atoms with Gasteiger partial charge in [0.2, 0.25) is 0 Å². The number of rotatable bonds is 6. The van der Waals surface area contributed by atoms with Crippen LogP contribution in [0.3, 0.4) is 0 Å². The fourth-order valence-corrected chi connectivity index (χ4v) is 12.7. The Labute approximate surface area is 400 Å². The number of nitrogens with zero attached hydrogens (tertiary/aromatic N) is 2. The van der Waals surface area contributed by atoms with E-state index in [4.69, 9.17) is 9.97 Å². The summed E-state index contributed by atoms with van der Waals surface area (Å²) >= 11 is 3.73. The molecule has 11 aromatic carbocycles. The van der Waals surface area contributed by atoms with Crippen molar-refractivity contribution in [1.82, 2.24) is 9.97 Å². The van der Waals surface area contributed by atoms with Gasteiger partial charge in [0.1, 0.15) is 0 Å². The Kier molecular flexibility index (Phi) is 8.98. The number of thiophene rings is 2. The molecule has 0 spiro atoms. The minimum absolute atomic E-state index is 0.910. The molecule has 4 heteroatoms. The average Bonchev–Trinajstić information content (AvgIpc) is 3.98. The molecule has 0 saturated heterocycles. The second-order valence-electron chi connectivity index (χ2n) is 17.7. The summed E-state index contributed by atoms with van der Waals surface area (Å²) in [6, 6.07) is 80.4. The van der Waals surface area contributed by atoms with Crippen molar-refractivity contribution in [2.24, 2.45) is 0 Å². The zero-order valence-electron chi connectivity index (χ0n) is 36.7. The van der Waals surface area contributed by atoms with Crippen LogP contribution in [0.2, 0.25) is 0 Å². The van der Waals surface area contributed by atoms with Gasteiger partial charge >= 0.3 is 0 Å². The molecule has 0 amide bonds. The molecule has 0 aliphatic rings. The molecule has 68 heavy (non-hydrogen) atoms. The molecule has 0 fully saturated rings. The number of hydrogen-bond donors (Lipinski definition) is 0. The lowest BCUT2D eigenvalue weighted by Crippen LogP contribution is -1.90. The van der Waals surface area contributed by atoms with Crippen LogP contribution in [-0.4, -0.2) is 9.97 Å². The lowest BCUT2D eigenvalue weighted by Gasteiger charge is -2.13. The highest BCUT2D eigenvalue weighted by Gasteiger charge is 2.15. The van der Waals surface area contributed by atoms with Gasteiger partial charge in [0.25, 0.3) is 0 Å². The van der Waals surface area contributed by atoms with Crippen LogP contribution in [0.5, 0.6) is 0 Å². The summed E-state index contributed by atoms with van der Waals surface area (Å²) in [6.07, 6.45) is 3.63. The third-order valence-electron chi connectivity index (χ3n) is 13.7. The lowest BCUT2D eigenvalue weighted by molar-refractivity contribution is 1.31. The van der Waals surface area contributed by atoms with Crippen molar-refractivity contribution in [3.8, 4) is 66.8 Å². The van der Waals surface area contributed by atoms with Gasteiger partial charge in [-0.2, -0.15) is 0 Å². The first-order valence-corrected chi connectivity index (χ1v) is 24.6. The van der Waals surface area contributed by atoms with E-state index in [0.717, 1.165) is 44.1 Å². The van der Waals surface area contributed by atoms with E-state index in [-0.39, 0.29) is 0 Å². The zero-order chi connectivity index (χ0) is 44.7. The summed E-state index contributed by atoms with van der Waals surface area (Å²) in [5, 5.41) is 9.84. The second-order valence-corrected chi connectivity index (χ2v) is 19.9. The van der Waals surface area contributed by atoms with Gasteiger partial charge in [-0.05, 0) is 138 Å². The number of aromatic nitrogens is 2. The van der Waals surface area contributed by atoms with Crippen LogP contribution in [0.15, 0.2) is 231 Å². The van der Waals surface area contributed by atoms with Crippen molar-refractivity contribution < 1.29 is 0 Å². The summed E-state index contributed by atoms with van der Waals surface area (Å²) in [6.45, 7) is 0. The van der Waals surface area contributed by atoms with E-state index in [0.29, 0.717) is 0 Å². The van der Waals surface area contributed by atoms with E-state index >= 15 is 0 Å². The van der Waals surface area contributed by atoms with Crippen molar-refractivity contribution in [3.63, 3.8) is 0 Å². The minimum Gasteiger partial charge on any atom is -0.252 e. The third kappa shape index (κ3) is 6.52. The summed E-state index contributed by atoms with van der Waals surface area (Å²) < 4.78 is 5.29. The van der Waals surface area contributed by atoms with Gasteiger partial charge in [0.05, 0.1) is 11.0 Å². The summed E-state index contributed by atoms with van der Waals surface area (Å²) in [7, 11) is 0. The van der Waals surface area contributed by atoms with Crippen molar-refractivity contribution >= 4 is 95.6 Å². The molecule has 0 N–H and O–H groups in total. The molecular formula is C64H38N2S2. The Morgan fingerprint density at radius 1 is 0.206 bits per heavy atom. The molecule has 0 aliphatic carbocycles. The first-order valence-electron chi connectivity index (χ1n) is 23.0. The Bertz CT molecular complexity index is 4050. The van der Waals surface area contributed by atoms with E-state index in [1.165, 1.54) is 95.6 Å². The van der Waals surface area contributed by atoms with Crippen molar-refractivity contribution in [2.45, 2.75) is 0 Å². The molecule has 3 aromatic heterocycles. The maximum atomic E-state index is 4.98. The molecule has 316 valence electrons. The monoisotopic (exact) mass is 898 g/mol. The quantitative estimate of drug-likeness (QED) is 0.155. The first-order chi connectivity index (χ1) is 33.6. The minimum atomic E-state index is 0.910. The number of hydrogen-bond acceptors (Lipinski definition) is 4. The largest absolute Gasteiger partial charge is 0.252 e. The van der Waals surface area contributed by atoms with Crippen molar-refractivity contribution in [1.29, 1.82) is 0 Å². The van der Waals surface area contributed by atoms with E-state index in [1.807, 2.05) is 35.1 Å². The molecule has 0 atom stereocenters. The highest BCUT2D eigenvalue weighted by Crippen LogP contribution is 2.41. The molecule has 0 radical (unpaired) electrons. The zero-order valence-corrected chi connectivity index (χ0v) is 38.3. The first kappa shape index (κ1) is 38.9. The van der Waals surface area contributed by atoms with E-state index in [2.05, 4.69) is 218 Å². The van der Waals surface area contributed by atoms with Gasteiger partial charge in [-0.25, -0.2) is 0 Å². The van der Waals surface area contributed by atoms with Crippen molar-refractivity contribution in [2.75, 3.05) is 0 Å². The van der Waals surface area contributed by atoms with Crippen LogP contribution in [0.25, 0.3) is 140 Å². The lowest BCUT2D eigenvalue weighted by atomic mass is 9.92. The molecule has 0 aliphatic heterocycles. The van der Waals surface area contributed by atoms with Gasteiger partial charge in [-0.1, -0.05) is 158 Å². The van der Waals surface area contributed by atoms with Gasteiger partial charge in [0, 0.05) is 63.5 Å². The Morgan fingerprint density at radius 2 is 0.500 bits per heavy atom. The predicted octanol–water partition coefficient (Wildman–Crippen LogP) is 18.7. The van der Waals surface area contributed by atoms with E-state index in [9.17, 15) is 0 Å². The SMILES string of the molecule is c1cc(-c2cccc(-c3ccc4c5ccc(-c6cccc(-c7cccc(-c8ccc9c(c8)sc8ccccc89)c7)c6)cc5c5nccnc5c4c3)c2)cc(-c2ccc3c(c2)sc2ccccc23)c1. The smallest absolute Gasteiger partial charge is 0.0971 e. The van der Waals surface area contributed by atoms with Gasteiger partial charge in [-0.3, -0.25) is 9.97 Å². The summed E-state index contributed by atoms with van der Waals surface area (Å²) in [5.74, 6) is 0. The van der Waals surface area contributed by atoms with Gasteiger partial charge in [0.15, 0.2) is 0 Å². The normalized spacial score (nSPS) is 11.8. The topological polar surface area (TPSA) is 25.8 Å². The maximum Gasteiger partial charge on any atom is 0.0971 e. The molecule has 14 rings (SSSR count).